The molecule has 1 N–H and O–H groups in total. The molecule has 0 aromatic rings. The van der Waals surface area contributed by atoms with E-state index < -0.39 is 0 Å². The summed E-state index contributed by atoms with van der Waals surface area (Å²) in [6.07, 6.45) is 3.86. The molecule has 12 heavy (non-hydrogen) atoms. The summed E-state index contributed by atoms with van der Waals surface area (Å²) in [6.45, 7) is 6.91. The van der Waals surface area contributed by atoms with Crippen molar-refractivity contribution in [3.8, 4) is 0 Å². The molecular formula is C9H15N3. The first-order valence-corrected chi connectivity index (χ1v) is 4.26. The number of likely N-dealkylation sites (N-methyl/N-ethyl adjacent to an activating group) is 1. The summed E-state index contributed by atoms with van der Waals surface area (Å²) in [5.41, 5.74) is 1.98. The lowest BCUT2D eigenvalue weighted by Gasteiger charge is -2.17. The zero-order chi connectivity index (χ0) is 8.97. The van der Waals surface area contributed by atoms with Crippen molar-refractivity contribution in [3.63, 3.8) is 0 Å². The number of nitrogens with one attached hydrogen (secondary N) is 1. The fraction of sp³-hybridized carbons (Fsp3) is 0.556. The molecule has 1 aliphatic rings. The zero-order valence-electron chi connectivity index (χ0n) is 7.83. The third-order valence-corrected chi connectivity index (χ3v) is 1.69. The maximum Gasteiger partial charge on any atom is 0.142 e. The molecule has 1 atom stereocenters. The first kappa shape index (κ1) is 9.13. The van der Waals surface area contributed by atoms with E-state index in [2.05, 4.69) is 22.2 Å². The van der Waals surface area contributed by atoms with Gasteiger partial charge in [-0.05, 0) is 20.4 Å². The topological polar surface area (TPSA) is 36.8 Å². The molecule has 3 nitrogen and oxygen atoms in total. The molecule has 1 rings (SSSR count). The number of allylic oxidation sites excluding steroid dienone is 1. The molecule has 0 aliphatic carbocycles. The van der Waals surface area contributed by atoms with Crippen LogP contribution in [-0.4, -0.2) is 24.6 Å². The highest BCUT2D eigenvalue weighted by Crippen LogP contribution is 2.09. The minimum atomic E-state index is 0.0590. The molecule has 0 radical (unpaired) electrons. The van der Waals surface area contributed by atoms with Gasteiger partial charge in [0.25, 0.3) is 0 Å². The number of hydrogen-bond acceptors (Lipinski definition) is 3. The van der Waals surface area contributed by atoms with Gasteiger partial charge in [-0.2, -0.15) is 0 Å². The molecule has 1 aliphatic heterocycles. The number of hydrogen-bond donors (Lipinski definition) is 1. The van der Waals surface area contributed by atoms with Crippen LogP contribution < -0.4 is 5.32 Å². The molecular weight excluding hydrogens is 150 g/mol. The maximum atomic E-state index is 4.37. The second-order valence-electron chi connectivity index (χ2n) is 2.71. The first-order chi connectivity index (χ1) is 5.77. The lowest BCUT2D eigenvalue weighted by molar-refractivity contribution is 0.606. The number of rotatable bonds is 2. The summed E-state index contributed by atoms with van der Waals surface area (Å²) in [5.74, 6) is 0. The van der Waals surface area contributed by atoms with Gasteiger partial charge in [-0.15, -0.1) is 0 Å². The molecule has 0 aromatic carbocycles. The Balaban J connectivity index is 2.74. The van der Waals surface area contributed by atoms with Gasteiger partial charge in [0.2, 0.25) is 0 Å². The monoisotopic (exact) mass is 165 g/mol. The molecule has 0 saturated carbocycles. The van der Waals surface area contributed by atoms with E-state index in [0.717, 1.165) is 18.0 Å². The highest BCUT2D eigenvalue weighted by Gasteiger charge is 2.12. The van der Waals surface area contributed by atoms with Gasteiger partial charge >= 0.3 is 0 Å². The Morgan fingerprint density at radius 1 is 1.67 bits per heavy atom. The van der Waals surface area contributed by atoms with Crippen LogP contribution in [0, 0.1) is 0 Å². The predicted octanol–water partition coefficient (Wildman–Crippen LogP) is 1.37. The van der Waals surface area contributed by atoms with Crippen molar-refractivity contribution in [1.29, 1.82) is 0 Å². The van der Waals surface area contributed by atoms with Crippen LogP contribution in [0.1, 0.15) is 20.8 Å². The average molecular weight is 165 g/mol. The van der Waals surface area contributed by atoms with Gasteiger partial charge in [-0.1, -0.05) is 13.0 Å². The van der Waals surface area contributed by atoms with E-state index in [1.165, 1.54) is 0 Å². The summed E-state index contributed by atoms with van der Waals surface area (Å²) >= 11 is 0. The summed E-state index contributed by atoms with van der Waals surface area (Å²) < 4.78 is 0. The molecule has 66 valence electrons. The molecule has 0 aromatic heterocycles. The van der Waals surface area contributed by atoms with Crippen LogP contribution >= 0.6 is 0 Å². The predicted molar refractivity (Wildman–Crippen MR) is 52.8 cm³/mol. The zero-order valence-corrected chi connectivity index (χ0v) is 7.83. The maximum absolute atomic E-state index is 4.37. The van der Waals surface area contributed by atoms with Gasteiger partial charge in [0, 0.05) is 6.21 Å². The van der Waals surface area contributed by atoms with E-state index in [0.29, 0.717) is 0 Å². The molecule has 0 bridgehead atoms. The summed E-state index contributed by atoms with van der Waals surface area (Å²) in [7, 11) is 0. The van der Waals surface area contributed by atoms with Crippen LogP contribution in [0.3, 0.4) is 0 Å². The molecule has 0 amide bonds. The van der Waals surface area contributed by atoms with Crippen molar-refractivity contribution < 1.29 is 0 Å². The molecule has 0 fully saturated rings. The fourth-order valence-corrected chi connectivity index (χ4v) is 1.13. The fourth-order valence-electron chi connectivity index (χ4n) is 1.13. The minimum absolute atomic E-state index is 0.0590. The van der Waals surface area contributed by atoms with Gasteiger partial charge in [-0.3, -0.25) is 15.3 Å². The molecule has 1 heterocycles. The van der Waals surface area contributed by atoms with Gasteiger partial charge in [-0.25, -0.2) is 0 Å². The van der Waals surface area contributed by atoms with Crippen LogP contribution in [0.25, 0.3) is 0 Å². The highest BCUT2D eigenvalue weighted by molar-refractivity contribution is 6.30. The van der Waals surface area contributed by atoms with Crippen LogP contribution in [0.2, 0.25) is 0 Å². The largest absolute Gasteiger partial charge is 0.291 e. The van der Waals surface area contributed by atoms with Gasteiger partial charge in [0.1, 0.15) is 6.17 Å². The molecule has 1 unspecified atom stereocenters. The van der Waals surface area contributed by atoms with Crippen LogP contribution in [-0.2, 0) is 0 Å². The third-order valence-electron chi connectivity index (χ3n) is 1.69. The van der Waals surface area contributed by atoms with E-state index in [1.54, 1.807) is 6.21 Å². The van der Waals surface area contributed by atoms with E-state index in [4.69, 9.17) is 0 Å². The normalized spacial score (nSPS) is 26.1. The van der Waals surface area contributed by atoms with E-state index >= 15 is 0 Å². The second kappa shape index (κ2) is 4.16. The summed E-state index contributed by atoms with van der Waals surface area (Å²) in [4.78, 5) is 8.68. The smallest absolute Gasteiger partial charge is 0.142 e. The number of aliphatic imine (C=N–C) groups is 2. The van der Waals surface area contributed by atoms with Crippen molar-refractivity contribution in [2.45, 2.75) is 26.9 Å². The Kier molecular flexibility index (Phi) is 3.17. The van der Waals surface area contributed by atoms with Crippen molar-refractivity contribution in [3.05, 3.63) is 11.8 Å². The van der Waals surface area contributed by atoms with Crippen LogP contribution in [0.5, 0.6) is 0 Å². The molecule has 3 heteroatoms. The Morgan fingerprint density at radius 2 is 2.42 bits per heavy atom. The third kappa shape index (κ3) is 2.01. The standard InChI is InChI=1S/C9H15N3/c1-4-8-9(10-5-2)11-6-7(3)12-8/h4,6,9-10H,5H2,1-3H3/b8-4+. The summed E-state index contributed by atoms with van der Waals surface area (Å²) in [5, 5.41) is 3.23. The van der Waals surface area contributed by atoms with Gasteiger partial charge in [0.05, 0.1) is 11.4 Å². The van der Waals surface area contributed by atoms with Crippen molar-refractivity contribution in [2.75, 3.05) is 6.54 Å². The Hall–Kier alpha value is -0.960. The van der Waals surface area contributed by atoms with Gasteiger partial charge < -0.3 is 0 Å². The van der Waals surface area contributed by atoms with E-state index in [9.17, 15) is 0 Å². The minimum Gasteiger partial charge on any atom is -0.291 e. The lowest BCUT2D eigenvalue weighted by atomic mass is 10.3. The quantitative estimate of drug-likeness (QED) is 0.659. The van der Waals surface area contributed by atoms with Crippen molar-refractivity contribution in [2.24, 2.45) is 9.98 Å². The highest BCUT2D eigenvalue weighted by atomic mass is 15.1. The number of nitrogens with zero attached hydrogens (tertiary/aromatic N) is 2. The Morgan fingerprint density at radius 3 is 3.00 bits per heavy atom. The van der Waals surface area contributed by atoms with E-state index in [1.807, 2.05) is 19.9 Å². The molecule has 0 saturated heterocycles. The first-order valence-electron chi connectivity index (χ1n) is 4.26. The molecule has 0 spiro atoms. The van der Waals surface area contributed by atoms with Crippen LogP contribution in [0.4, 0.5) is 0 Å². The Labute approximate surface area is 73.3 Å². The second-order valence-corrected chi connectivity index (χ2v) is 2.71. The lowest BCUT2D eigenvalue weighted by Crippen LogP contribution is -2.31. The summed E-state index contributed by atoms with van der Waals surface area (Å²) in [6, 6.07) is 0. The van der Waals surface area contributed by atoms with Crippen LogP contribution in [0.15, 0.2) is 21.8 Å². The van der Waals surface area contributed by atoms with Crippen molar-refractivity contribution in [1.82, 2.24) is 5.32 Å². The van der Waals surface area contributed by atoms with Gasteiger partial charge in [0.15, 0.2) is 0 Å². The Bertz CT molecular complexity index is 238. The van der Waals surface area contributed by atoms with E-state index in [-0.39, 0.29) is 6.17 Å². The van der Waals surface area contributed by atoms with Crippen molar-refractivity contribution >= 4 is 11.9 Å². The average Bonchev–Trinajstić information content (AvgIpc) is 2.08. The SMILES string of the molecule is C/C=C1/N=C(C)C=NC1NCC.